The molecule has 34 heavy (non-hydrogen) atoms. The van der Waals surface area contributed by atoms with Crippen LogP contribution in [0.1, 0.15) is 25.8 Å². The van der Waals surface area contributed by atoms with E-state index in [2.05, 4.69) is 5.32 Å². The molecule has 0 bridgehead atoms. The molecule has 3 atom stereocenters. The van der Waals surface area contributed by atoms with Crippen molar-refractivity contribution < 1.29 is 38.4 Å². The average molecular weight is 499 g/mol. The number of aryl methyl sites for hydroxylation is 1. The maximum atomic E-state index is 13.0. The number of carbonyl (C=O) groups is 3. The van der Waals surface area contributed by atoms with Crippen LogP contribution in [0.2, 0.25) is 0 Å². The number of amides is 1. The number of rotatable bonds is 12. The summed E-state index contributed by atoms with van der Waals surface area (Å²) >= 11 is 1.51. The fourth-order valence-corrected chi connectivity index (χ4v) is 4.83. The van der Waals surface area contributed by atoms with Gasteiger partial charge in [0.05, 0.1) is 34.0 Å². The monoisotopic (exact) mass is 498 g/mol. The highest BCUT2D eigenvalue weighted by Crippen LogP contribution is 2.38. The largest absolute Gasteiger partial charge is 0.493 e. The Hall–Kier alpha value is -2.66. The van der Waals surface area contributed by atoms with Gasteiger partial charge in [-0.25, -0.2) is 4.79 Å². The van der Waals surface area contributed by atoms with Gasteiger partial charge < -0.3 is 29.0 Å². The smallest absolute Gasteiger partial charge is 0.327 e. The third-order valence-electron chi connectivity index (χ3n) is 5.54. The molecule has 2 unspecified atom stereocenters. The molecule has 1 aliphatic heterocycles. The van der Waals surface area contributed by atoms with Crippen LogP contribution >= 0.6 is 11.8 Å². The molecule has 1 heterocycles. The molecule has 0 saturated carbocycles. The number of carboxylic acids is 1. The molecule has 10 nitrogen and oxygen atoms in total. The normalized spacial score (nSPS) is 17.4. The molecule has 0 radical (unpaired) electrons. The van der Waals surface area contributed by atoms with Crippen LogP contribution in [0, 0.1) is 0 Å². The highest BCUT2D eigenvalue weighted by Gasteiger charge is 2.35. The van der Waals surface area contributed by atoms with Crippen LogP contribution in [-0.4, -0.2) is 92.0 Å². The van der Waals surface area contributed by atoms with Crippen molar-refractivity contribution in [3.05, 3.63) is 17.7 Å². The van der Waals surface area contributed by atoms with Crippen LogP contribution in [0.3, 0.4) is 0 Å². The fourth-order valence-electron chi connectivity index (χ4n) is 3.80. The number of aliphatic carboxylic acids is 1. The Bertz CT molecular complexity index is 840. The highest BCUT2D eigenvalue weighted by molar-refractivity contribution is 7.99. The first kappa shape index (κ1) is 27.6. The summed E-state index contributed by atoms with van der Waals surface area (Å²) in [4.78, 5) is 38.6. The van der Waals surface area contributed by atoms with Crippen LogP contribution in [0.25, 0.3) is 0 Å². The number of thioether (sulfide) groups is 1. The van der Waals surface area contributed by atoms with Gasteiger partial charge in [0.2, 0.25) is 11.7 Å². The van der Waals surface area contributed by atoms with Gasteiger partial charge in [-0.3, -0.25) is 14.9 Å². The number of nitrogens with one attached hydrogen (secondary N) is 1. The second-order valence-electron chi connectivity index (χ2n) is 7.73. The lowest BCUT2D eigenvalue weighted by Gasteiger charge is -2.35. The van der Waals surface area contributed by atoms with Crippen LogP contribution < -0.4 is 19.5 Å². The zero-order chi connectivity index (χ0) is 25.3. The molecule has 11 heteroatoms. The van der Waals surface area contributed by atoms with Crippen molar-refractivity contribution in [3.8, 4) is 17.2 Å². The topological polar surface area (TPSA) is 124 Å². The SMILES string of the molecule is CCOC(=O)C(CCc1cc(OC)c(OC)c(OC)c1)N[C@@H](C)C(=O)N1CCSCC1C(=O)O. The minimum absolute atomic E-state index is 0.202. The van der Waals surface area contributed by atoms with E-state index in [0.717, 1.165) is 5.56 Å². The molecule has 190 valence electrons. The minimum Gasteiger partial charge on any atom is -0.493 e. The zero-order valence-electron chi connectivity index (χ0n) is 20.3. The Kier molecular flexibility index (Phi) is 10.8. The number of hydrogen-bond donors (Lipinski definition) is 2. The summed E-state index contributed by atoms with van der Waals surface area (Å²) in [5, 5.41) is 12.5. The molecule has 1 aromatic carbocycles. The van der Waals surface area contributed by atoms with Gasteiger partial charge in [0.15, 0.2) is 11.5 Å². The number of hydrogen-bond acceptors (Lipinski definition) is 9. The molecule has 1 aromatic rings. The van der Waals surface area contributed by atoms with Crippen molar-refractivity contribution >= 4 is 29.6 Å². The number of ether oxygens (including phenoxy) is 4. The van der Waals surface area contributed by atoms with Crippen LogP contribution in [0.15, 0.2) is 12.1 Å². The van der Waals surface area contributed by atoms with Crippen molar-refractivity contribution in [2.45, 2.75) is 44.8 Å². The molecule has 0 spiro atoms. The number of esters is 1. The first-order chi connectivity index (χ1) is 16.3. The average Bonchev–Trinajstić information content (AvgIpc) is 2.84. The van der Waals surface area contributed by atoms with Gasteiger partial charge >= 0.3 is 11.9 Å². The van der Waals surface area contributed by atoms with Gasteiger partial charge in [0, 0.05) is 18.1 Å². The summed E-state index contributed by atoms with van der Waals surface area (Å²) in [5.74, 6) is 0.639. The Balaban J connectivity index is 2.16. The van der Waals surface area contributed by atoms with Crippen LogP contribution in [-0.2, 0) is 25.5 Å². The van der Waals surface area contributed by atoms with Crippen LogP contribution in [0.5, 0.6) is 17.2 Å². The molecule has 0 aromatic heterocycles. The van der Waals surface area contributed by atoms with Crippen molar-refractivity contribution in [2.75, 3.05) is 46.0 Å². The number of benzene rings is 1. The van der Waals surface area contributed by atoms with Crippen molar-refractivity contribution in [3.63, 3.8) is 0 Å². The van der Waals surface area contributed by atoms with Gasteiger partial charge in [-0.2, -0.15) is 11.8 Å². The molecule has 1 fully saturated rings. The van der Waals surface area contributed by atoms with E-state index >= 15 is 0 Å². The van der Waals surface area contributed by atoms with E-state index in [1.807, 2.05) is 0 Å². The Morgan fingerprint density at radius 1 is 1.18 bits per heavy atom. The lowest BCUT2D eigenvalue weighted by Crippen LogP contribution is -2.57. The standard InChI is InChI=1S/C23H34N2O8S/c1-6-33-23(29)16(8-7-15-11-18(30-3)20(32-5)19(12-15)31-4)24-14(2)21(26)25-9-10-34-13-17(25)22(27)28/h11-12,14,16-17,24H,6-10,13H2,1-5H3,(H,27,28)/t14-,16?,17?/m0/s1. The highest BCUT2D eigenvalue weighted by atomic mass is 32.2. The zero-order valence-corrected chi connectivity index (χ0v) is 21.1. The fraction of sp³-hybridized carbons (Fsp3) is 0.609. The van der Waals surface area contributed by atoms with Crippen LogP contribution in [0.4, 0.5) is 0 Å². The second-order valence-corrected chi connectivity index (χ2v) is 8.88. The Labute approximate surface area is 204 Å². The molecule has 1 saturated heterocycles. The second kappa shape index (κ2) is 13.3. The lowest BCUT2D eigenvalue weighted by atomic mass is 10.0. The molecule has 0 aliphatic carbocycles. The molecular formula is C23H34N2O8S. The first-order valence-corrected chi connectivity index (χ1v) is 12.2. The van der Waals surface area contributed by atoms with E-state index in [-0.39, 0.29) is 12.5 Å². The summed E-state index contributed by atoms with van der Waals surface area (Å²) in [6.45, 7) is 3.90. The maximum absolute atomic E-state index is 13.0. The minimum atomic E-state index is -1.03. The number of carboxylic acid groups (broad SMARTS) is 1. The quantitative estimate of drug-likeness (QED) is 0.411. The van der Waals surface area contributed by atoms with Gasteiger partial charge in [0.25, 0.3) is 0 Å². The molecular weight excluding hydrogens is 464 g/mol. The number of methoxy groups -OCH3 is 3. The van der Waals surface area contributed by atoms with E-state index in [4.69, 9.17) is 18.9 Å². The predicted octanol–water partition coefficient (Wildman–Crippen LogP) is 1.58. The van der Waals surface area contributed by atoms with Gasteiger partial charge in [0.1, 0.15) is 12.1 Å². The van der Waals surface area contributed by atoms with E-state index in [1.54, 1.807) is 26.0 Å². The predicted molar refractivity (Wildman–Crippen MR) is 128 cm³/mol. The van der Waals surface area contributed by atoms with E-state index in [9.17, 15) is 19.5 Å². The number of carbonyl (C=O) groups excluding carboxylic acids is 2. The summed E-state index contributed by atoms with van der Waals surface area (Å²) in [6.07, 6.45) is 0.805. The molecule has 2 rings (SSSR count). The van der Waals surface area contributed by atoms with Crippen molar-refractivity contribution in [1.82, 2.24) is 10.2 Å². The molecule has 1 aliphatic rings. The van der Waals surface area contributed by atoms with Gasteiger partial charge in [-0.05, 0) is 44.4 Å². The molecule has 1 amide bonds. The summed E-state index contributed by atoms with van der Waals surface area (Å²) in [6, 6.07) is 1.21. The number of nitrogens with zero attached hydrogens (tertiary/aromatic N) is 1. The van der Waals surface area contributed by atoms with E-state index in [0.29, 0.717) is 48.1 Å². The summed E-state index contributed by atoms with van der Waals surface area (Å²) in [7, 11) is 4.58. The van der Waals surface area contributed by atoms with Crippen molar-refractivity contribution in [2.24, 2.45) is 0 Å². The van der Waals surface area contributed by atoms with Gasteiger partial charge in [-0.1, -0.05) is 0 Å². The molecule has 2 N–H and O–H groups in total. The Morgan fingerprint density at radius 3 is 2.35 bits per heavy atom. The van der Waals surface area contributed by atoms with E-state index < -0.39 is 30.1 Å². The van der Waals surface area contributed by atoms with E-state index in [1.165, 1.54) is 38.0 Å². The maximum Gasteiger partial charge on any atom is 0.327 e. The van der Waals surface area contributed by atoms with Gasteiger partial charge in [-0.15, -0.1) is 0 Å². The Morgan fingerprint density at radius 2 is 1.82 bits per heavy atom. The third kappa shape index (κ3) is 6.92. The third-order valence-corrected chi connectivity index (χ3v) is 6.56. The summed E-state index contributed by atoms with van der Waals surface area (Å²) < 4.78 is 21.3. The lowest BCUT2D eigenvalue weighted by molar-refractivity contribution is -0.151. The summed E-state index contributed by atoms with van der Waals surface area (Å²) in [5.41, 5.74) is 0.851. The van der Waals surface area contributed by atoms with Crippen molar-refractivity contribution in [1.29, 1.82) is 0 Å². The first-order valence-electron chi connectivity index (χ1n) is 11.1.